The van der Waals surface area contributed by atoms with Gasteiger partial charge in [0.1, 0.15) is 5.69 Å². The number of aromatic nitrogens is 2. The monoisotopic (exact) mass is 288 g/mol. The molecule has 0 spiro atoms. The number of alkyl halides is 3. The van der Waals surface area contributed by atoms with Crippen molar-refractivity contribution in [2.45, 2.75) is 19.0 Å². The normalized spacial score (nSPS) is 13.7. The van der Waals surface area contributed by atoms with Crippen LogP contribution in [0.4, 0.5) is 13.2 Å². The topological polar surface area (TPSA) is 74.8 Å². The van der Waals surface area contributed by atoms with E-state index in [0.29, 0.717) is 10.1 Å². The maximum atomic E-state index is 12.9. The minimum atomic E-state index is -4.65. The van der Waals surface area contributed by atoms with Gasteiger partial charge in [0.2, 0.25) is 0 Å². The van der Waals surface area contributed by atoms with Gasteiger partial charge in [0.05, 0.1) is 5.52 Å². The van der Waals surface area contributed by atoms with Crippen molar-refractivity contribution in [3.05, 3.63) is 35.2 Å². The molecule has 0 aliphatic carbocycles. The molecule has 2 N–H and O–H groups in total. The van der Waals surface area contributed by atoms with Crippen molar-refractivity contribution >= 4 is 11.5 Å². The molecule has 2 aromatic heterocycles. The maximum absolute atomic E-state index is 12.9. The third-order valence-electron chi connectivity index (χ3n) is 2.97. The Kier molecular flexibility index (Phi) is 3.43. The van der Waals surface area contributed by atoms with Gasteiger partial charge in [-0.3, -0.25) is 0 Å². The molecule has 0 aliphatic heterocycles. The van der Waals surface area contributed by atoms with Gasteiger partial charge in [0.25, 0.3) is 0 Å². The summed E-state index contributed by atoms with van der Waals surface area (Å²) < 4.78 is 39.2. The summed E-state index contributed by atoms with van der Waals surface area (Å²) in [4.78, 5) is 10.9. The largest absolute Gasteiger partial charge is 0.476 e. The molecule has 1 unspecified atom stereocenters. The highest BCUT2D eigenvalue weighted by molar-refractivity contribution is 5.87. The summed E-state index contributed by atoms with van der Waals surface area (Å²) in [5, 5.41) is 21.5. The minimum absolute atomic E-state index is 0.0266. The molecule has 0 saturated heterocycles. The van der Waals surface area contributed by atoms with E-state index in [1.54, 1.807) is 6.92 Å². The Balaban J connectivity index is 2.78. The van der Waals surface area contributed by atoms with Gasteiger partial charge in [-0.1, -0.05) is 13.0 Å². The fourth-order valence-corrected chi connectivity index (χ4v) is 1.93. The summed E-state index contributed by atoms with van der Waals surface area (Å²) in [5.74, 6) is -1.84. The molecule has 0 bridgehead atoms. The average molecular weight is 288 g/mol. The van der Waals surface area contributed by atoms with Gasteiger partial charge in [-0.05, 0) is 17.7 Å². The summed E-state index contributed by atoms with van der Waals surface area (Å²) in [6.45, 7) is 1.35. The fraction of sp³-hybridized carbons (Fsp3) is 0.333. The highest BCUT2D eigenvalue weighted by Gasteiger charge is 2.35. The summed E-state index contributed by atoms with van der Waals surface area (Å²) in [6.07, 6.45) is -4.65. The molecule has 0 fully saturated rings. The Bertz CT molecular complexity index is 664. The Hall–Kier alpha value is -2.09. The van der Waals surface area contributed by atoms with Gasteiger partial charge in [-0.25, -0.2) is 9.31 Å². The molecule has 0 aromatic carbocycles. The number of halogens is 3. The SMILES string of the molecule is CC(CO)c1ccc(C(F)(F)F)n2nc(C(=O)O)cc12. The van der Waals surface area contributed by atoms with Gasteiger partial charge in [-0.15, -0.1) is 0 Å². The van der Waals surface area contributed by atoms with Crippen LogP contribution in [0.2, 0.25) is 0 Å². The molecule has 0 aliphatic rings. The van der Waals surface area contributed by atoms with Gasteiger partial charge in [-0.2, -0.15) is 18.3 Å². The van der Waals surface area contributed by atoms with Crippen LogP contribution in [0.3, 0.4) is 0 Å². The summed E-state index contributed by atoms with van der Waals surface area (Å²) in [5.41, 5.74) is -1.11. The standard InChI is InChI=1S/C12H11F3N2O3/c1-6(5-18)7-2-3-10(12(13,14)15)17-9(7)4-8(16-17)11(19)20/h2-4,6,18H,5H2,1H3,(H,19,20). The number of fused-ring (bicyclic) bond motifs is 1. The molecule has 5 nitrogen and oxygen atoms in total. The van der Waals surface area contributed by atoms with Gasteiger partial charge >= 0.3 is 12.1 Å². The van der Waals surface area contributed by atoms with Crippen LogP contribution in [0.5, 0.6) is 0 Å². The van der Waals surface area contributed by atoms with Crippen molar-refractivity contribution in [3.8, 4) is 0 Å². The number of carboxylic acid groups (broad SMARTS) is 1. The van der Waals surface area contributed by atoms with Crippen LogP contribution < -0.4 is 0 Å². The second kappa shape index (κ2) is 4.78. The first kappa shape index (κ1) is 14.3. The molecular formula is C12H11F3N2O3. The molecule has 1 atom stereocenters. The summed E-state index contributed by atoms with van der Waals surface area (Å²) in [6, 6.07) is 3.12. The number of carbonyl (C=O) groups is 1. The van der Waals surface area contributed by atoms with Crippen LogP contribution in [-0.4, -0.2) is 32.4 Å². The van der Waals surface area contributed by atoms with Crippen LogP contribution in [0.1, 0.15) is 34.6 Å². The van der Waals surface area contributed by atoms with Crippen molar-refractivity contribution in [2.24, 2.45) is 0 Å². The van der Waals surface area contributed by atoms with Crippen LogP contribution in [0, 0.1) is 0 Å². The first-order valence-corrected chi connectivity index (χ1v) is 5.69. The molecule has 2 aromatic rings. The third kappa shape index (κ3) is 2.34. The van der Waals surface area contributed by atoms with Crippen LogP contribution in [-0.2, 0) is 6.18 Å². The summed E-state index contributed by atoms with van der Waals surface area (Å²) >= 11 is 0. The van der Waals surface area contributed by atoms with E-state index in [9.17, 15) is 18.0 Å². The van der Waals surface area contributed by atoms with E-state index in [1.165, 1.54) is 6.07 Å². The zero-order valence-electron chi connectivity index (χ0n) is 10.3. The van der Waals surface area contributed by atoms with E-state index in [1.807, 2.05) is 0 Å². The molecule has 8 heteroatoms. The molecule has 108 valence electrons. The number of carboxylic acids is 1. The van der Waals surface area contributed by atoms with E-state index in [0.717, 1.165) is 12.1 Å². The molecule has 0 amide bonds. The number of hydrogen-bond acceptors (Lipinski definition) is 3. The predicted molar refractivity (Wildman–Crippen MR) is 62.7 cm³/mol. The fourth-order valence-electron chi connectivity index (χ4n) is 1.93. The van der Waals surface area contributed by atoms with E-state index in [-0.39, 0.29) is 12.1 Å². The van der Waals surface area contributed by atoms with E-state index >= 15 is 0 Å². The van der Waals surface area contributed by atoms with Crippen molar-refractivity contribution in [1.29, 1.82) is 0 Å². The summed E-state index contributed by atoms with van der Waals surface area (Å²) in [7, 11) is 0. The lowest BCUT2D eigenvalue weighted by Gasteiger charge is -2.14. The van der Waals surface area contributed by atoms with Gasteiger partial charge in [0.15, 0.2) is 5.69 Å². The zero-order valence-corrected chi connectivity index (χ0v) is 10.3. The molecule has 0 radical (unpaired) electrons. The molecule has 20 heavy (non-hydrogen) atoms. The highest BCUT2D eigenvalue weighted by atomic mass is 19.4. The second-order valence-corrected chi connectivity index (χ2v) is 4.39. The predicted octanol–water partition coefficient (Wildman–Crippen LogP) is 2.15. The number of nitrogens with zero attached hydrogens (tertiary/aromatic N) is 2. The lowest BCUT2D eigenvalue weighted by Crippen LogP contribution is -2.14. The highest BCUT2D eigenvalue weighted by Crippen LogP contribution is 2.32. The number of aliphatic hydroxyl groups excluding tert-OH is 1. The van der Waals surface area contributed by atoms with E-state index < -0.39 is 29.5 Å². The molecule has 2 heterocycles. The van der Waals surface area contributed by atoms with E-state index in [2.05, 4.69) is 5.10 Å². The number of pyridine rings is 1. The number of hydrogen-bond donors (Lipinski definition) is 2. The van der Waals surface area contributed by atoms with Crippen LogP contribution >= 0.6 is 0 Å². The van der Waals surface area contributed by atoms with Crippen LogP contribution in [0.15, 0.2) is 18.2 Å². The number of aromatic carboxylic acids is 1. The Morgan fingerprint density at radius 3 is 2.60 bits per heavy atom. The first-order valence-electron chi connectivity index (χ1n) is 5.69. The average Bonchev–Trinajstić information content (AvgIpc) is 2.80. The van der Waals surface area contributed by atoms with Crippen molar-refractivity contribution in [1.82, 2.24) is 9.61 Å². The third-order valence-corrected chi connectivity index (χ3v) is 2.97. The van der Waals surface area contributed by atoms with Crippen molar-refractivity contribution in [2.75, 3.05) is 6.61 Å². The van der Waals surface area contributed by atoms with Crippen LogP contribution in [0.25, 0.3) is 5.52 Å². The Morgan fingerprint density at radius 2 is 2.10 bits per heavy atom. The second-order valence-electron chi connectivity index (χ2n) is 4.39. The maximum Gasteiger partial charge on any atom is 0.433 e. The van der Waals surface area contributed by atoms with Gasteiger partial charge in [0, 0.05) is 12.5 Å². The van der Waals surface area contributed by atoms with Gasteiger partial charge < -0.3 is 10.2 Å². The Labute approximate surface area is 111 Å². The van der Waals surface area contributed by atoms with Crippen molar-refractivity contribution < 1.29 is 28.2 Å². The molecular weight excluding hydrogens is 277 g/mol. The smallest absolute Gasteiger partial charge is 0.433 e. The quantitative estimate of drug-likeness (QED) is 0.907. The lowest BCUT2D eigenvalue weighted by molar-refractivity contribution is -0.142. The van der Waals surface area contributed by atoms with E-state index in [4.69, 9.17) is 10.2 Å². The lowest BCUT2D eigenvalue weighted by atomic mass is 10.0. The minimum Gasteiger partial charge on any atom is -0.476 e. The molecule has 0 saturated carbocycles. The zero-order chi connectivity index (χ0) is 15.1. The Morgan fingerprint density at radius 1 is 1.45 bits per heavy atom. The number of aliphatic hydroxyl groups is 1. The molecule has 2 rings (SSSR count). The first-order chi connectivity index (χ1) is 9.25. The van der Waals surface area contributed by atoms with Crippen molar-refractivity contribution in [3.63, 3.8) is 0 Å². The number of rotatable bonds is 3.